The number of aromatic nitrogens is 1. The normalized spacial score (nSPS) is 12.7. The number of aliphatic hydroxyl groups is 1. The number of benzene rings is 1. The maximum atomic E-state index is 12.2. The van der Waals surface area contributed by atoms with Crippen molar-refractivity contribution in [3.63, 3.8) is 0 Å². The van der Waals surface area contributed by atoms with Crippen LogP contribution in [0.2, 0.25) is 0 Å². The standard InChI is InChI=1S/C13H15BrN2O2/c1-8(7-17)16(2)13(18)12-6-9-5-10(14)3-4-11(9)15-12/h3-6,8,15,17H,7H2,1-2H3. The number of aliphatic hydroxyl groups excluding tert-OH is 1. The van der Waals surface area contributed by atoms with Crippen LogP contribution in [0.15, 0.2) is 28.7 Å². The highest BCUT2D eigenvalue weighted by Crippen LogP contribution is 2.21. The van der Waals surface area contributed by atoms with E-state index in [1.165, 1.54) is 4.90 Å². The minimum atomic E-state index is -0.198. The van der Waals surface area contributed by atoms with E-state index in [-0.39, 0.29) is 18.6 Å². The molecular weight excluding hydrogens is 296 g/mol. The van der Waals surface area contributed by atoms with Crippen LogP contribution in [0.25, 0.3) is 10.9 Å². The van der Waals surface area contributed by atoms with E-state index in [0.29, 0.717) is 5.69 Å². The molecule has 0 saturated carbocycles. The third-order valence-corrected chi connectivity index (χ3v) is 3.55. The van der Waals surface area contributed by atoms with Gasteiger partial charge in [0.1, 0.15) is 5.69 Å². The molecule has 5 heteroatoms. The summed E-state index contributed by atoms with van der Waals surface area (Å²) in [6.07, 6.45) is 0. The predicted octanol–water partition coefficient (Wildman–Crippen LogP) is 2.38. The highest BCUT2D eigenvalue weighted by atomic mass is 79.9. The fourth-order valence-corrected chi connectivity index (χ4v) is 2.11. The van der Waals surface area contributed by atoms with Crippen molar-refractivity contribution in [1.82, 2.24) is 9.88 Å². The molecule has 0 bridgehead atoms. The Morgan fingerprint density at radius 1 is 1.50 bits per heavy atom. The Morgan fingerprint density at radius 3 is 2.89 bits per heavy atom. The number of carbonyl (C=O) groups excluding carboxylic acids is 1. The molecule has 2 N–H and O–H groups in total. The number of H-pyrrole nitrogens is 1. The Hall–Kier alpha value is -1.33. The first-order valence-electron chi connectivity index (χ1n) is 5.69. The number of aromatic amines is 1. The SMILES string of the molecule is CC(CO)N(C)C(=O)c1cc2cc(Br)ccc2[nH]1. The lowest BCUT2D eigenvalue weighted by Crippen LogP contribution is -2.37. The molecule has 0 aliphatic carbocycles. The van der Waals surface area contributed by atoms with Crippen molar-refractivity contribution >= 4 is 32.7 Å². The van der Waals surface area contributed by atoms with Gasteiger partial charge in [-0.1, -0.05) is 15.9 Å². The molecule has 1 atom stereocenters. The zero-order valence-electron chi connectivity index (χ0n) is 10.3. The van der Waals surface area contributed by atoms with E-state index in [9.17, 15) is 4.79 Å². The van der Waals surface area contributed by atoms with Crippen LogP contribution in [-0.4, -0.2) is 40.6 Å². The molecule has 18 heavy (non-hydrogen) atoms. The van der Waals surface area contributed by atoms with Gasteiger partial charge in [-0.15, -0.1) is 0 Å². The molecule has 0 spiro atoms. The maximum absolute atomic E-state index is 12.2. The first-order valence-corrected chi connectivity index (χ1v) is 6.48. The van der Waals surface area contributed by atoms with Gasteiger partial charge in [0, 0.05) is 22.4 Å². The lowest BCUT2D eigenvalue weighted by atomic mass is 10.2. The lowest BCUT2D eigenvalue weighted by Gasteiger charge is -2.22. The Balaban J connectivity index is 2.33. The fraction of sp³-hybridized carbons (Fsp3) is 0.308. The average Bonchev–Trinajstić information content (AvgIpc) is 2.78. The van der Waals surface area contributed by atoms with Crippen LogP contribution >= 0.6 is 15.9 Å². The first kappa shape index (κ1) is 13.1. The number of rotatable bonds is 3. The molecular formula is C13H15BrN2O2. The van der Waals surface area contributed by atoms with Gasteiger partial charge in [-0.2, -0.15) is 0 Å². The summed E-state index contributed by atoms with van der Waals surface area (Å²) >= 11 is 3.40. The van der Waals surface area contributed by atoms with Gasteiger partial charge in [-0.05, 0) is 31.2 Å². The quantitative estimate of drug-likeness (QED) is 0.914. The molecule has 0 aliphatic heterocycles. The molecule has 0 saturated heterocycles. The van der Waals surface area contributed by atoms with Crippen LogP contribution in [0.4, 0.5) is 0 Å². The summed E-state index contributed by atoms with van der Waals surface area (Å²) in [4.78, 5) is 16.8. The molecule has 2 aromatic rings. The molecule has 2 rings (SSSR count). The van der Waals surface area contributed by atoms with Crippen LogP contribution < -0.4 is 0 Å². The van der Waals surface area contributed by atoms with Crippen LogP contribution in [0.3, 0.4) is 0 Å². The number of halogens is 1. The summed E-state index contributed by atoms with van der Waals surface area (Å²) in [6, 6.07) is 7.43. The smallest absolute Gasteiger partial charge is 0.270 e. The number of nitrogens with zero attached hydrogens (tertiary/aromatic N) is 1. The number of carbonyl (C=O) groups is 1. The molecule has 4 nitrogen and oxygen atoms in total. The Kier molecular flexibility index (Phi) is 3.73. The molecule has 0 aliphatic rings. The van der Waals surface area contributed by atoms with Gasteiger partial charge in [0.15, 0.2) is 0 Å². The second-order valence-corrected chi connectivity index (χ2v) is 5.28. The minimum absolute atomic E-state index is 0.0476. The van der Waals surface area contributed by atoms with E-state index in [4.69, 9.17) is 5.11 Å². The molecule has 1 heterocycles. The Morgan fingerprint density at radius 2 is 2.22 bits per heavy atom. The summed E-state index contributed by atoms with van der Waals surface area (Å²) in [5, 5.41) is 10.1. The number of likely N-dealkylation sites (N-methyl/N-ethyl adjacent to an activating group) is 1. The topological polar surface area (TPSA) is 56.3 Å². The molecule has 1 aromatic heterocycles. The van der Waals surface area contributed by atoms with Gasteiger partial charge < -0.3 is 15.0 Å². The third kappa shape index (κ3) is 2.42. The highest BCUT2D eigenvalue weighted by Gasteiger charge is 2.18. The van der Waals surface area contributed by atoms with E-state index in [0.717, 1.165) is 15.4 Å². The van der Waals surface area contributed by atoms with Crippen LogP contribution in [0, 0.1) is 0 Å². The Bertz CT molecular complexity index is 579. The minimum Gasteiger partial charge on any atom is -0.394 e. The second-order valence-electron chi connectivity index (χ2n) is 4.36. The van der Waals surface area contributed by atoms with Crippen molar-refractivity contribution in [2.45, 2.75) is 13.0 Å². The molecule has 1 amide bonds. The average molecular weight is 311 g/mol. The van der Waals surface area contributed by atoms with Crippen LogP contribution in [0.1, 0.15) is 17.4 Å². The maximum Gasteiger partial charge on any atom is 0.270 e. The molecule has 96 valence electrons. The van der Waals surface area contributed by atoms with Gasteiger partial charge in [0.05, 0.1) is 12.6 Å². The zero-order valence-corrected chi connectivity index (χ0v) is 11.9. The van der Waals surface area contributed by atoms with E-state index in [1.54, 1.807) is 14.0 Å². The molecule has 1 aromatic carbocycles. The Labute approximate surface area is 114 Å². The van der Waals surface area contributed by atoms with Crippen molar-refractivity contribution in [3.05, 3.63) is 34.4 Å². The number of hydrogen-bond donors (Lipinski definition) is 2. The second kappa shape index (κ2) is 5.12. The third-order valence-electron chi connectivity index (χ3n) is 3.06. The fourth-order valence-electron chi connectivity index (χ4n) is 1.73. The van der Waals surface area contributed by atoms with E-state index in [2.05, 4.69) is 20.9 Å². The monoisotopic (exact) mass is 310 g/mol. The molecule has 0 fully saturated rings. The summed E-state index contributed by atoms with van der Waals surface area (Å²) < 4.78 is 0.977. The first-order chi connectivity index (χ1) is 8.52. The van der Waals surface area contributed by atoms with Crippen LogP contribution in [-0.2, 0) is 0 Å². The highest BCUT2D eigenvalue weighted by molar-refractivity contribution is 9.10. The van der Waals surface area contributed by atoms with Gasteiger partial charge in [0.25, 0.3) is 5.91 Å². The number of hydrogen-bond acceptors (Lipinski definition) is 2. The van der Waals surface area contributed by atoms with Crippen molar-refractivity contribution in [1.29, 1.82) is 0 Å². The summed E-state index contributed by atoms with van der Waals surface area (Å²) in [5.74, 6) is -0.121. The lowest BCUT2D eigenvalue weighted by molar-refractivity contribution is 0.0677. The van der Waals surface area contributed by atoms with Gasteiger partial charge >= 0.3 is 0 Å². The summed E-state index contributed by atoms with van der Waals surface area (Å²) in [6.45, 7) is 1.76. The van der Waals surface area contributed by atoms with Gasteiger partial charge in [-0.3, -0.25) is 4.79 Å². The van der Waals surface area contributed by atoms with Crippen molar-refractivity contribution in [2.24, 2.45) is 0 Å². The number of fused-ring (bicyclic) bond motifs is 1. The van der Waals surface area contributed by atoms with Crippen LogP contribution in [0.5, 0.6) is 0 Å². The van der Waals surface area contributed by atoms with E-state index < -0.39 is 0 Å². The molecule has 0 radical (unpaired) electrons. The van der Waals surface area contributed by atoms with Crippen molar-refractivity contribution in [2.75, 3.05) is 13.7 Å². The largest absolute Gasteiger partial charge is 0.394 e. The van der Waals surface area contributed by atoms with Crippen molar-refractivity contribution in [3.8, 4) is 0 Å². The van der Waals surface area contributed by atoms with Gasteiger partial charge in [0.2, 0.25) is 0 Å². The molecule has 1 unspecified atom stereocenters. The summed E-state index contributed by atoms with van der Waals surface area (Å²) in [7, 11) is 1.69. The zero-order chi connectivity index (χ0) is 13.3. The number of nitrogens with one attached hydrogen (secondary N) is 1. The number of amides is 1. The predicted molar refractivity (Wildman–Crippen MR) is 74.6 cm³/mol. The van der Waals surface area contributed by atoms with E-state index in [1.807, 2.05) is 24.3 Å². The van der Waals surface area contributed by atoms with Gasteiger partial charge in [-0.25, -0.2) is 0 Å². The summed E-state index contributed by atoms with van der Waals surface area (Å²) in [5.41, 5.74) is 1.46. The van der Waals surface area contributed by atoms with Crippen molar-refractivity contribution < 1.29 is 9.90 Å². The van der Waals surface area contributed by atoms with E-state index >= 15 is 0 Å².